The van der Waals surface area contributed by atoms with Crippen LogP contribution in [0.1, 0.15) is 27.9 Å². The van der Waals surface area contributed by atoms with Gasteiger partial charge >= 0.3 is 0 Å². The van der Waals surface area contributed by atoms with E-state index in [2.05, 4.69) is 4.98 Å². The molecule has 4 aromatic rings. The summed E-state index contributed by atoms with van der Waals surface area (Å²) in [6.45, 7) is 1.74. The molecule has 0 spiro atoms. The Bertz CT molecular complexity index is 1350. The first kappa shape index (κ1) is 21.8. The van der Waals surface area contributed by atoms with Crippen molar-refractivity contribution in [2.24, 2.45) is 0 Å². The number of aryl methyl sites for hydroxylation is 1. The number of pyridine rings is 1. The number of aromatic nitrogens is 3. The van der Waals surface area contributed by atoms with E-state index in [1.165, 1.54) is 23.9 Å². The summed E-state index contributed by atoms with van der Waals surface area (Å²) in [6.07, 6.45) is 2.19. The fraction of sp³-hybridized carbons (Fsp3) is 0.160. The van der Waals surface area contributed by atoms with Gasteiger partial charge in [-0.1, -0.05) is 35.9 Å². The summed E-state index contributed by atoms with van der Waals surface area (Å²) >= 11 is 7.73. The number of aliphatic hydroxyl groups is 1. The van der Waals surface area contributed by atoms with Crippen LogP contribution in [-0.4, -0.2) is 20.1 Å². The molecule has 166 valence electrons. The van der Waals surface area contributed by atoms with Gasteiger partial charge in [0.2, 0.25) is 5.88 Å². The van der Waals surface area contributed by atoms with Gasteiger partial charge in [0.25, 0.3) is 0 Å². The number of ether oxygens (including phenoxy) is 1. The van der Waals surface area contributed by atoms with E-state index < -0.39 is 0 Å². The summed E-state index contributed by atoms with van der Waals surface area (Å²) in [7, 11) is 0. The predicted molar refractivity (Wildman–Crippen MR) is 126 cm³/mol. The molecule has 2 aromatic carbocycles. The van der Waals surface area contributed by atoms with E-state index in [9.17, 15) is 9.50 Å². The molecule has 0 unspecified atom stereocenters. The molecule has 3 heterocycles. The third-order valence-electron chi connectivity index (χ3n) is 5.43. The third-order valence-corrected chi connectivity index (χ3v) is 6.75. The highest BCUT2D eigenvalue weighted by Gasteiger charge is 2.27. The van der Waals surface area contributed by atoms with Gasteiger partial charge in [-0.25, -0.2) is 9.37 Å². The molecule has 8 heteroatoms. The average molecular weight is 480 g/mol. The fourth-order valence-corrected chi connectivity index (χ4v) is 4.87. The Hall–Kier alpha value is -3.00. The minimum atomic E-state index is -0.267. The number of hydrogen-bond acceptors (Lipinski definition) is 6. The number of hydrogen-bond donors (Lipinski definition) is 1. The predicted octanol–water partition coefficient (Wildman–Crippen LogP) is 6.12. The van der Waals surface area contributed by atoms with Crippen molar-refractivity contribution in [3.63, 3.8) is 0 Å². The van der Waals surface area contributed by atoms with Crippen molar-refractivity contribution in [3.8, 4) is 23.0 Å². The molecule has 1 aliphatic heterocycles. The molecule has 0 amide bonds. The number of nitrogens with zero attached hydrogens (tertiary/aromatic N) is 3. The topological polar surface area (TPSA) is 68.1 Å². The van der Waals surface area contributed by atoms with Gasteiger partial charge in [0, 0.05) is 40.1 Å². The smallest absolute Gasteiger partial charge is 0.227 e. The van der Waals surface area contributed by atoms with Crippen LogP contribution in [0.4, 0.5) is 4.39 Å². The lowest BCUT2D eigenvalue weighted by molar-refractivity contribution is 0.278. The normalized spacial score (nSPS) is 12.1. The van der Waals surface area contributed by atoms with E-state index in [4.69, 9.17) is 26.3 Å². The van der Waals surface area contributed by atoms with Crippen LogP contribution in [0.15, 0.2) is 59.8 Å². The number of fused-ring (bicyclic) bond motifs is 2. The van der Waals surface area contributed by atoms with E-state index in [1.807, 2.05) is 25.1 Å². The Labute approximate surface area is 199 Å². The van der Waals surface area contributed by atoms with Crippen molar-refractivity contribution in [2.45, 2.75) is 30.7 Å². The lowest BCUT2D eigenvalue weighted by atomic mass is 9.99. The molecule has 33 heavy (non-hydrogen) atoms. The summed E-state index contributed by atoms with van der Waals surface area (Å²) in [5.74, 6) is 1.93. The molecule has 5 nitrogen and oxygen atoms in total. The van der Waals surface area contributed by atoms with Crippen LogP contribution in [0, 0.1) is 12.7 Å². The largest absolute Gasteiger partial charge is 0.436 e. The summed E-state index contributed by atoms with van der Waals surface area (Å²) in [5, 5.41) is 11.2. The van der Waals surface area contributed by atoms with E-state index in [0.29, 0.717) is 34.7 Å². The van der Waals surface area contributed by atoms with Gasteiger partial charge in [-0.2, -0.15) is 4.98 Å². The molecule has 2 aromatic heterocycles. The lowest BCUT2D eigenvalue weighted by Gasteiger charge is -2.24. The summed E-state index contributed by atoms with van der Waals surface area (Å²) < 4.78 is 19.5. The van der Waals surface area contributed by atoms with Crippen molar-refractivity contribution in [1.29, 1.82) is 0 Å². The van der Waals surface area contributed by atoms with Gasteiger partial charge in [0.15, 0.2) is 11.6 Å². The zero-order valence-electron chi connectivity index (χ0n) is 17.7. The Morgan fingerprint density at radius 3 is 2.70 bits per heavy atom. The first-order valence-corrected chi connectivity index (χ1v) is 11.7. The number of thioether (sulfide) groups is 1. The number of aliphatic hydroxyl groups excluding tert-OH is 1. The Kier molecular flexibility index (Phi) is 6.01. The van der Waals surface area contributed by atoms with E-state index in [-0.39, 0.29) is 12.4 Å². The summed E-state index contributed by atoms with van der Waals surface area (Å²) in [5.41, 5.74) is 4.94. The second-order valence-electron chi connectivity index (χ2n) is 7.68. The molecular weight excluding hydrogens is 461 g/mol. The molecular formula is C25H19ClFN3O2S. The quantitative estimate of drug-likeness (QED) is 0.242. The average Bonchev–Trinajstić information content (AvgIpc) is 2.83. The second-order valence-corrected chi connectivity index (χ2v) is 9.08. The van der Waals surface area contributed by atoms with Gasteiger partial charge in [0.1, 0.15) is 10.8 Å². The lowest BCUT2D eigenvalue weighted by Crippen LogP contribution is -2.13. The Morgan fingerprint density at radius 1 is 1.12 bits per heavy atom. The number of rotatable bonds is 5. The number of benzene rings is 2. The van der Waals surface area contributed by atoms with Crippen LogP contribution in [0.5, 0.6) is 11.6 Å². The molecule has 5 rings (SSSR count). The monoisotopic (exact) mass is 479 g/mol. The van der Waals surface area contributed by atoms with Crippen LogP contribution in [0.25, 0.3) is 11.4 Å². The molecule has 0 fully saturated rings. The Morgan fingerprint density at radius 2 is 1.94 bits per heavy atom. The molecule has 0 radical (unpaired) electrons. The first-order chi connectivity index (χ1) is 16.0. The summed E-state index contributed by atoms with van der Waals surface area (Å²) in [6, 6.07) is 13.8. The van der Waals surface area contributed by atoms with Gasteiger partial charge < -0.3 is 9.84 Å². The van der Waals surface area contributed by atoms with Crippen molar-refractivity contribution < 1.29 is 14.2 Å². The SMILES string of the molecule is Cc1ncc(CO)c2c1Oc1nc(-c3cccc(Cl)c3)nc(SCc3ccc(F)cc3)c1C2. The minimum Gasteiger partial charge on any atom is -0.436 e. The minimum absolute atomic E-state index is 0.131. The van der Waals surface area contributed by atoms with Crippen LogP contribution >= 0.6 is 23.4 Å². The highest BCUT2D eigenvalue weighted by Crippen LogP contribution is 2.43. The third kappa shape index (κ3) is 4.44. The maximum atomic E-state index is 13.3. The van der Waals surface area contributed by atoms with E-state index in [1.54, 1.807) is 24.4 Å². The van der Waals surface area contributed by atoms with Gasteiger partial charge in [-0.15, -0.1) is 11.8 Å². The second kappa shape index (κ2) is 9.09. The van der Waals surface area contributed by atoms with Gasteiger partial charge in [0.05, 0.1) is 17.9 Å². The van der Waals surface area contributed by atoms with Crippen LogP contribution in [0.2, 0.25) is 5.02 Å². The molecule has 1 N–H and O–H groups in total. The van der Waals surface area contributed by atoms with Crippen LogP contribution in [0.3, 0.4) is 0 Å². The molecule has 0 bridgehead atoms. The molecule has 0 aliphatic carbocycles. The highest BCUT2D eigenvalue weighted by atomic mass is 35.5. The zero-order chi connectivity index (χ0) is 22.9. The van der Waals surface area contributed by atoms with Crippen molar-refractivity contribution >= 4 is 23.4 Å². The van der Waals surface area contributed by atoms with Crippen LogP contribution < -0.4 is 4.74 Å². The zero-order valence-corrected chi connectivity index (χ0v) is 19.3. The van der Waals surface area contributed by atoms with Crippen molar-refractivity contribution in [1.82, 2.24) is 15.0 Å². The maximum Gasteiger partial charge on any atom is 0.227 e. The number of halogens is 2. The van der Waals surface area contributed by atoms with E-state index >= 15 is 0 Å². The highest BCUT2D eigenvalue weighted by molar-refractivity contribution is 7.98. The van der Waals surface area contributed by atoms with Crippen molar-refractivity contribution in [3.05, 3.63) is 93.5 Å². The molecule has 0 saturated heterocycles. The fourth-order valence-electron chi connectivity index (χ4n) is 3.70. The van der Waals surface area contributed by atoms with Gasteiger partial charge in [-0.05, 0) is 36.8 Å². The standard InChI is InChI=1S/C25H19ClFN3O2S/c1-14-22-20(17(12-31)11-28-14)10-21-24(32-22)29-23(16-3-2-4-18(26)9-16)30-25(21)33-13-15-5-7-19(27)8-6-15/h2-9,11,31H,10,12-13H2,1H3. The Balaban J connectivity index is 1.59. The molecule has 1 aliphatic rings. The van der Waals surface area contributed by atoms with Gasteiger partial charge in [-0.3, -0.25) is 4.98 Å². The van der Waals surface area contributed by atoms with Crippen molar-refractivity contribution in [2.75, 3.05) is 0 Å². The first-order valence-electron chi connectivity index (χ1n) is 10.3. The molecule has 0 atom stereocenters. The van der Waals surface area contributed by atoms with E-state index in [0.717, 1.165) is 38.5 Å². The summed E-state index contributed by atoms with van der Waals surface area (Å²) in [4.78, 5) is 13.9. The van der Waals surface area contributed by atoms with Crippen LogP contribution in [-0.2, 0) is 18.8 Å². The maximum absolute atomic E-state index is 13.3. The molecule has 0 saturated carbocycles.